The molecule has 5 N–H and O–H groups in total. The number of aromatic hydroxyl groups is 1. The minimum atomic E-state index is -1.36. The number of imidazole rings is 1. The van der Waals surface area contributed by atoms with Crippen LogP contribution in [0.15, 0.2) is 45.6 Å². The number of aromatic nitrogens is 4. The van der Waals surface area contributed by atoms with Gasteiger partial charge < -0.3 is 25.2 Å². The summed E-state index contributed by atoms with van der Waals surface area (Å²) in [6.45, 7) is -0.491. The number of phenols is 1. The van der Waals surface area contributed by atoms with Crippen LogP contribution in [0, 0.1) is 0 Å². The molecule has 0 unspecified atom stereocenters. The zero-order valence-corrected chi connectivity index (χ0v) is 14.2. The second kappa shape index (κ2) is 7.09. The second-order valence-corrected chi connectivity index (χ2v) is 6.13. The van der Waals surface area contributed by atoms with Crippen LogP contribution in [0.5, 0.6) is 5.75 Å². The Morgan fingerprint density at radius 2 is 2.00 bits per heavy atom. The number of azo groups is 1. The Bertz CT molecular complexity index is 1090. The standard InChI is InChI=1S/C16H16N6O6/c23-5-9-11(25)12(26)15(28-9)22-6-17-10-13(22)18-16(19-14(10)27)21-20-7-3-1-2-4-8(7)24/h1-4,6,9,11-12,15,23-26H,5H2,(H,18,19,27)/b21-20+/t9-,11-,12-,15-/m1/s1. The summed E-state index contributed by atoms with van der Waals surface area (Å²) in [4.78, 5) is 22.8. The zero-order chi connectivity index (χ0) is 19.8. The van der Waals surface area contributed by atoms with Crippen LogP contribution < -0.4 is 5.56 Å². The molecule has 28 heavy (non-hydrogen) atoms. The van der Waals surface area contributed by atoms with Gasteiger partial charge >= 0.3 is 0 Å². The molecule has 0 radical (unpaired) electrons. The highest BCUT2D eigenvalue weighted by atomic mass is 16.6. The lowest BCUT2D eigenvalue weighted by atomic mass is 10.1. The van der Waals surface area contributed by atoms with Crippen molar-refractivity contribution < 1.29 is 25.2 Å². The van der Waals surface area contributed by atoms with E-state index in [1.165, 1.54) is 23.0 Å². The quantitative estimate of drug-likeness (QED) is 0.383. The van der Waals surface area contributed by atoms with E-state index in [1.54, 1.807) is 12.1 Å². The number of H-pyrrole nitrogens is 1. The van der Waals surface area contributed by atoms with Crippen molar-refractivity contribution in [1.82, 2.24) is 19.5 Å². The number of fused-ring (bicyclic) bond motifs is 1. The van der Waals surface area contributed by atoms with Crippen molar-refractivity contribution in [3.8, 4) is 5.75 Å². The van der Waals surface area contributed by atoms with Gasteiger partial charge in [-0.25, -0.2) is 4.98 Å². The van der Waals surface area contributed by atoms with E-state index in [0.717, 1.165) is 0 Å². The van der Waals surface area contributed by atoms with Crippen molar-refractivity contribution >= 4 is 22.8 Å². The molecule has 0 saturated carbocycles. The minimum Gasteiger partial charge on any atom is -0.506 e. The number of hydrogen-bond acceptors (Lipinski definition) is 10. The Morgan fingerprint density at radius 1 is 1.21 bits per heavy atom. The summed E-state index contributed by atoms with van der Waals surface area (Å²) in [6, 6.07) is 6.24. The highest BCUT2D eigenvalue weighted by Gasteiger charge is 2.44. The molecule has 1 fully saturated rings. The summed E-state index contributed by atoms with van der Waals surface area (Å²) >= 11 is 0. The number of ether oxygens (including phenoxy) is 1. The number of phenolic OH excluding ortho intramolecular Hbond substituents is 1. The Balaban J connectivity index is 1.73. The smallest absolute Gasteiger partial charge is 0.280 e. The number of nitrogens with zero attached hydrogens (tertiary/aromatic N) is 5. The van der Waals surface area contributed by atoms with Gasteiger partial charge in [0.2, 0.25) is 0 Å². The highest BCUT2D eigenvalue weighted by molar-refractivity contribution is 5.70. The molecule has 0 amide bonds. The van der Waals surface area contributed by atoms with Crippen LogP contribution in [-0.4, -0.2) is 64.9 Å². The Kier molecular flexibility index (Phi) is 4.60. The molecule has 2 aromatic heterocycles. The van der Waals surface area contributed by atoms with E-state index < -0.39 is 36.7 Å². The summed E-state index contributed by atoms with van der Waals surface area (Å²) in [7, 11) is 0. The fourth-order valence-electron chi connectivity index (χ4n) is 2.91. The van der Waals surface area contributed by atoms with E-state index in [1.807, 2.05) is 0 Å². The van der Waals surface area contributed by atoms with Crippen molar-refractivity contribution in [1.29, 1.82) is 0 Å². The van der Waals surface area contributed by atoms with Gasteiger partial charge in [0.1, 0.15) is 29.7 Å². The van der Waals surface area contributed by atoms with E-state index >= 15 is 0 Å². The Morgan fingerprint density at radius 3 is 2.71 bits per heavy atom. The molecule has 0 bridgehead atoms. The third kappa shape index (κ3) is 3.03. The maximum Gasteiger partial charge on any atom is 0.280 e. The molecule has 12 heteroatoms. The van der Waals surface area contributed by atoms with Crippen molar-refractivity contribution in [3.05, 3.63) is 40.9 Å². The van der Waals surface area contributed by atoms with Gasteiger partial charge in [-0.15, -0.1) is 10.2 Å². The van der Waals surface area contributed by atoms with Crippen LogP contribution in [-0.2, 0) is 4.74 Å². The first-order valence-corrected chi connectivity index (χ1v) is 8.28. The average Bonchev–Trinajstić information content (AvgIpc) is 3.23. The van der Waals surface area contributed by atoms with Crippen molar-refractivity contribution in [3.63, 3.8) is 0 Å². The van der Waals surface area contributed by atoms with Gasteiger partial charge in [0.15, 0.2) is 17.4 Å². The number of benzene rings is 1. The average molecular weight is 388 g/mol. The number of nitrogens with one attached hydrogen (secondary N) is 1. The molecule has 3 aromatic rings. The number of aromatic amines is 1. The molecule has 1 aliphatic heterocycles. The Labute approximate surface area is 156 Å². The number of rotatable bonds is 4. The molecular formula is C16H16N6O6. The maximum absolute atomic E-state index is 12.3. The first-order valence-electron chi connectivity index (χ1n) is 8.28. The predicted octanol–water partition coefficient (Wildman–Crippen LogP) is -0.148. The topological polar surface area (TPSA) is 178 Å². The first-order chi connectivity index (χ1) is 13.5. The lowest BCUT2D eigenvalue weighted by Crippen LogP contribution is -2.33. The van der Waals surface area contributed by atoms with E-state index in [2.05, 4.69) is 25.2 Å². The van der Waals surface area contributed by atoms with Gasteiger partial charge in [-0.1, -0.05) is 12.1 Å². The fraction of sp³-hybridized carbons (Fsp3) is 0.312. The SMILES string of the molecule is O=c1[nH]c(/N=N/c2ccccc2O)nc2c1ncn2[C@@H]1O[C@H](CO)[C@@H](O)[C@H]1O. The number of aliphatic hydroxyl groups excluding tert-OH is 3. The van der Waals surface area contributed by atoms with E-state index in [-0.39, 0.29) is 28.5 Å². The van der Waals surface area contributed by atoms with Gasteiger partial charge in [0.05, 0.1) is 12.9 Å². The van der Waals surface area contributed by atoms with E-state index in [9.17, 15) is 25.2 Å². The minimum absolute atomic E-state index is 0.0285. The zero-order valence-electron chi connectivity index (χ0n) is 14.2. The van der Waals surface area contributed by atoms with E-state index in [0.29, 0.717) is 0 Å². The lowest BCUT2D eigenvalue weighted by Gasteiger charge is -2.16. The molecule has 4 rings (SSSR count). The van der Waals surface area contributed by atoms with Crippen LogP contribution in [0.4, 0.5) is 11.6 Å². The number of aliphatic hydroxyl groups is 3. The summed E-state index contributed by atoms with van der Waals surface area (Å²) < 4.78 is 6.72. The maximum atomic E-state index is 12.3. The largest absolute Gasteiger partial charge is 0.506 e. The fourth-order valence-corrected chi connectivity index (χ4v) is 2.91. The monoisotopic (exact) mass is 388 g/mol. The molecule has 0 aliphatic carbocycles. The van der Waals surface area contributed by atoms with Crippen molar-refractivity contribution in [2.75, 3.05) is 6.61 Å². The molecule has 146 valence electrons. The van der Waals surface area contributed by atoms with E-state index in [4.69, 9.17) is 4.74 Å². The summed E-state index contributed by atoms with van der Waals surface area (Å²) in [5.41, 5.74) is -0.395. The van der Waals surface area contributed by atoms with Gasteiger partial charge in [0, 0.05) is 0 Å². The molecule has 3 heterocycles. The van der Waals surface area contributed by atoms with Gasteiger partial charge in [0.25, 0.3) is 11.5 Å². The third-order valence-corrected chi connectivity index (χ3v) is 4.35. The molecule has 1 aromatic carbocycles. The molecule has 0 spiro atoms. The van der Waals surface area contributed by atoms with Crippen LogP contribution in [0.3, 0.4) is 0 Å². The first kappa shape index (κ1) is 18.2. The number of hydrogen-bond donors (Lipinski definition) is 5. The van der Waals surface area contributed by atoms with Crippen molar-refractivity contribution in [2.24, 2.45) is 10.2 Å². The van der Waals surface area contributed by atoms with Gasteiger partial charge in [-0.2, -0.15) is 4.98 Å². The normalized spacial score (nSPS) is 25.1. The molecule has 4 atom stereocenters. The van der Waals surface area contributed by atoms with Crippen LogP contribution in [0.2, 0.25) is 0 Å². The van der Waals surface area contributed by atoms with Crippen LogP contribution in [0.25, 0.3) is 11.2 Å². The molecule has 1 saturated heterocycles. The van der Waals surface area contributed by atoms with Gasteiger partial charge in [-0.05, 0) is 12.1 Å². The summed E-state index contributed by atoms with van der Waals surface area (Å²) in [5.74, 6) is -0.250. The summed E-state index contributed by atoms with van der Waals surface area (Å²) in [6.07, 6.45) is -3.53. The highest BCUT2D eigenvalue weighted by Crippen LogP contribution is 2.31. The lowest BCUT2D eigenvalue weighted by molar-refractivity contribution is -0.0511. The predicted molar refractivity (Wildman–Crippen MR) is 93.4 cm³/mol. The third-order valence-electron chi connectivity index (χ3n) is 4.35. The number of para-hydroxylation sites is 1. The van der Waals surface area contributed by atoms with Crippen LogP contribution in [0.1, 0.15) is 6.23 Å². The van der Waals surface area contributed by atoms with Gasteiger partial charge in [-0.3, -0.25) is 14.3 Å². The summed E-state index contributed by atoms with van der Waals surface area (Å²) in [5, 5.41) is 46.8. The molecule has 1 aliphatic rings. The molecule has 12 nitrogen and oxygen atoms in total. The second-order valence-electron chi connectivity index (χ2n) is 6.13. The van der Waals surface area contributed by atoms with Crippen molar-refractivity contribution in [2.45, 2.75) is 24.5 Å². The molecular weight excluding hydrogens is 372 g/mol. The van der Waals surface area contributed by atoms with Crippen LogP contribution >= 0.6 is 0 Å². The Hall–Kier alpha value is -3.19.